The molecular weight excluding hydrogens is 226 g/mol. The van der Waals surface area contributed by atoms with Crippen LogP contribution in [0.5, 0.6) is 0 Å². The van der Waals surface area contributed by atoms with Gasteiger partial charge in [0.05, 0.1) is 0 Å². The quantitative estimate of drug-likeness (QED) is 0.815. The van der Waals surface area contributed by atoms with Crippen molar-refractivity contribution in [2.75, 3.05) is 0 Å². The molecule has 2 heteroatoms. The van der Waals surface area contributed by atoms with Crippen molar-refractivity contribution in [3.05, 3.63) is 35.4 Å². The van der Waals surface area contributed by atoms with Crippen LogP contribution in [0.15, 0.2) is 24.3 Å². The molecule has 0 spiro atoms. The molecule has 1 rings (SSSR count). The Hall–Kier alpha value is -0.470. The fraction of sp³-hybridized carbons (Fsp3) is 0.600. The summed E-state index contributed by atoms with van der Waals surface area (Å²) < 4.78 is 0. The van der Waals surface area contributed by atoms with Crippen molar-refractivity contribution in [3.63, 3.8) is 0 Å². The smallest absolute Gasteiger partial charge is 0.0451 e. The van der Waals surface area contributed by atoms with E-state index in [-0.39, 0.29) is 6.04 Å². The summed E-state index contributed by atoms with van der Waals surface area (Å²) in [5.74, 6) is 0. The predicted molar refractivity (Wildman–Crippen MR) is 79.5 cm³/mol. The number of nitrogens with two attached hydrogens (primary N) is 1. The van der Waals surface area contributed by atoms with Gasteiger partial charge in [-0.05, 0) is 25.3 Å². The summed E-state index contributed by atoms with van der Waals surface area (Å²) in [6.45, 7) is 8.84. The molecule has 0 radical (unpaired) electrons. The van der Waals surface area contributed by atoms with Crippen LogP contribution in [0.1, 0.15) is 50.0 Å². The van der Waals surface area contributed by atoms with Gasteiger partial charge in [0.2, 0.25) is 0 Å². The predicted octanol–water partition coefficient (Wildman–Crippen LogP) is 4.31. The SMILES string of the molecule is CCC(C)SC(c1cccc(C)c1)C(N)CC. The summed E-state index contributed by atoms with van der Waals surface area (Å²) in [5, 5.41) is 1.09. The summed E-state index contributed by atoms with van der Waals surface area (Å²) in [6, 6.07) is 9.01. The Kier molecular flexibility index (Phi) is 6.07. The van der Waals surface area contributed by atoms with Gasteiger partial charge in [0.15, 0.2) is 0 Å². The van der Waals surface area contributed by atoms with E-state index in [0.29, 0.717) is 10.5 Å². The molecule has 0 saturated heterocycles. The maximum atomic E-state index is 6.28. The van der Waals surface area contributed by atoms with Gasteiger partial charge in [-0.2, -0.15) is 0 Å². The number of hydrogen-bond acceptors (Lipinski definition) is 2. The standard InChI is InChI=1S/C15H25NS/c1-5-12(4)17-15(14(16)6-2)13-9-7-8-11(3)10-13/h7-10,12,14-15H,5-6,16H2,1-4H3. The molecule has 0 aliphatic carbocycles. The van der Waals surface area contributed by atoms with E-state index < -0.39 is 0 Å². The maximum absolute atomic E-state index is 6.28. The van der Waals surface area contributed by atoms with Crippen molar-refractivity contribution in [2.24, 2.45) is 5.73 Å². The molecule has 17 heavy (non-hydrogen) atoms. The van der Waals surface area contributed by atoms with E-state index >= 15 is 0 Å². The molecule has 0 aliphatic rings. The lowest BCUT2D eigenvalue weighted by atomic mass is 10.0. The Balaban J connectivity index is 2.89. The molecule has 96 valence electrons. The Morgan fingerprint density at radius 1 is 1.24 bits per heavy atom. The molecule has 0 bridgehead atoms. The third-order valence-corrected chi connectivity index (χ3v) is 4.90. The first-order chi connectivity index (χ1) is 8.08. The van der Waals surface area contributed by atoms with E-state index in [0.717, 1.165) is 6.42 Å². The van der Waals surface area contributed by atoms with Crippen molar-refractivity contribution in [1.29, 1.82) is 0 Å². The van der Waals surface area contributed by atoms with Crippen LogP contribution in [-0.2, 0) is 0 Å². The van der Waals surface area contributed by atoms with Crippen LogP contribution < -0.4 is 5.73 Å². The Labute approximate surface area is 110 Å². The number of rotatable bonds is 6. The second-order valence-corrected chi connectivity index (χ2v) is 6.35. The van der Waals surface area contributed by atoms with Gasteiger partial charge in [0.1, 0.15) is 0 Å². The van der Waals surface area contributed by atoms with Crippen molar-refractivity contribution in [1.82, 2.24) is 0 Å². The number of benzene rings is 1. The zero-order chi connectivity index (χ0) is 12.8. The molecule has 0 aromatic heterocycles. The molecule has 0 heterocycles. The van der Waals surface area contributed by atoms with Crippen molar-refractivity contribution < 1.29 is 0 Å². The van der Waals surface area contributed by atoms with E-state index in [1.807, 2.05) is 11.8 Å². The van der Waals surface area contributed by atoms with Crippen LogP contribution in [-0.4, -0.2) is 11.3 Å². The Bertz CT molecular complexity index is 337. The molecule has 0 saturated carbocycles. The third kappa shape index (κ3) is 4.36. The van der Waals surface area contributed by atoms with Crippen LogP contribution >= 0.6 is 11.8 Å². The molecule has 3 unspecified atom stereocenters. The van der Waals surface area contributed by atoms with Gasteiger partial charge in [0.25, 0.3) is 0 Å². The van der Waals surface area contributed by atoms with E-state index in [9.17, 15) is 0 Å². The lowest BCUT2D eigenvalue weighted by molar-refractivity contribution is 0.631. The van der Waals surface area contributed by atoms with E-state index in [4.69, 9.17) is 5.73 Å². The third-order valence-electron chi connectivity index (χ3n) is 3.18. The average Bonchev–Trinajstić information content (AvgIpc) is 2.34. The molecule has 2 N–H and O–H groups in total. The average molecular weight is 251 g/mol. The van der Waals surface area contributed by atoms with Gasteiger partial charge in [-0.25, -0.2) is 0 Å². The zero-order valence-electron chi connectivity index (χ0n) is 11.4. The summed E-state index contributed by atoms with van der Waals surface area (Å²) >= 11 is 2.01. The van der Waals surface area contributed by atoms with Crippen LogP contribution in [0.2, 0.25) is 0 Å². The van der Waals surface area contributed by atoms with E-state index in [2.05, 4.69) is 52.0 Å². The fourth-order valence-corrected chi connectivity index (χ4v) is 3.23. The van der Waals surface area contributed by atoms with Crippen molar-refractivity contribution >= 4 is 11.8 Å². The monoisotopic (exact) mass is 251 g/mol. The molecule has 1 aromatic carbocycles. The second kappa shape index (κ2) is 7.07. The highest BCUT2D eigenvalue weighted by molar-refractivity contribution is 8.00. The highest BCUT2D eigenvalue weighted by atomic mass is 32.2. The van der Waals surface area contributed by atoms with Crippen LogP contribution in [0, 0.1) is 6.92 Å². The second-order valence-electron chi connectivity index (χ2n) is 4.76. The van der Waals surface area contributed by atoms with Gasteiger partial charge in [-0.1, -0.05) is 50.6 Å². The Morgan fingerprint density at radius 3 is 2.47 bits per heavy atom. The van der Waals surface area contributed by atoms with Crippen LogP contribution in [0.4, 0.5) is 0 Å². The number of hydrogen-bond donors (Lipinski definition) is 1. The number of thioether (sulfide) groups is 1. The summed E-state index contributed by atoms with van der Waals surface area (Å²) in [5.41, 5.74) is 8.98. The molecule has 0 aliphatic heterocycles. The molecule has 1 nitrogen and oxygen atoms in total. The summed E-state index contributed by atoms with van der Waals surface area (Å²) in [6.07, 6.45) is 2.23. The number of aryl methyl sites for hydroxylation is 1. The Morgan fingerprint density at radius 2 is 1.94 bits per heavy atom. The van der Waals surface area contributed by atoms with Gasteiger partial charge < -0.3 is 5.73 Å². The largest absolute Gasteiger partial charge is 0.326 e. The lowest BCUT2D eigenvalue weighted by Gasteiger charge is -2.26. The maximum Gasteiger partial charge on any atom is 0.0451 e. The van der Waals surface area contributed by atoms with Crippen molar-refractivity contribution in [3.8, 4) is 0 Å². The van der Waals surface area contributed by atoms with Gasteiger partial charge in [-0.3, -0.25) is 0 Å². The lowest BCUT2D eigenvalue weighted by Crippen LogP contribution is -2.26. The first-order valence-electron chi connectivity index (χ1n) is 6.56. The molecule has 0 amide bonds. The summed E-state index contributed by atoms with van der Waals surface area (Å²) in [4.78, 5) is 0. The minimum Gasteiger partial charge on any atom is -0.326 e. The topological polar surface area (TPSA) is 26.0 Å². The highest BCUT2D eigenvalue weighted by Gasteiger charge is 2.21. The first-order valence-corrected chi connectivity index (χ1v) is 7.50. The van der Waals surface area contributed by atoms with E-state index in [1.165, 1.54) is 17.5 Å². The molecular formula is C15H25NS. The van der Waals surface area contributed by atoms with Crippen LogP contribution in [0.3, 0.4) is 0 Å². The van der Waals surface area contributed by atoms with Crippen molar-refractivity contribution in [2.45, 2.75) is 57.1 Å². The molecule has 1 aromatic rings. The minimum absolute atomic E-state index is 0.246. The molecule has 0 fully saturated rings. The van der Waals surface area contributed by atoms with Gasteiger partial charge >= 0.3 is 0 Å². The van der Waals surface area contributed by atoms with Gasteiger partial charge in [-0.15, -0.1) is 11.8 Å². The normalized spacial score (nSPS) is 16.5. The van der Waals surface area contributed by atoms with Gasteiger partial charge in [0, 0.05) is 16.5 Å². The summed E-state index contributed by atoms with van der Waals surface area (Å²) in [7, 11) is 0. The van der Waals surface area contributed by atoms with Crippen LogP contribution in [0.25, 0.3) is 0 Å². The molecule has 3 atom stereocenters. The zero-order valence-corrected chi connectivity index (χ0v) is 12.3. The van der Waals surface area contributed by atoms with E-state index in [1.54, 1.807) is 0 Å². The fourth-order valence-electron chi connectivity index (χ4n) is 1.83. The minimum atomic E-state index is 0.246. The first kappa shape index (κ1) is 14.6. The highest BCUT2D eigenvalue weighted by Crippen LogP contribution is 2.36.